The number of anilines is 3. The molecule has 0 amide bonds. The minimum atomic E-state index is 0.468. The average molecular weight is 639 g/mol. The van der Waals surface area contributed by atoms with Gasteiger partial charge in [-0.15, -0.1) is 10.2 Å². The van der Waals surface area contributed by atoms with Crippen LogP contribution in [0.25, 0.3) is 33.4 Å². The van der Waals surface area contributed by atoms with Gasteiger partial charge in [0, 0.05) is 67.3 Å². The van der Waals surface area contributed by atoms with Gasteiger partial charge in [0.25, 0.3) is 0 Å². The van der Waals surface area contributed by atoms with Gasteiger partial charge in [0.05, 0.1) is 17.0 Å². The molecule has 242 valence electrons. The van der Waals surface area contributed by atoms with Gasteiger partial charge in [0.15, 0.2) is 5.82 Å². The zero-order chi connectivity index (χ0) is 32.7. The zero-order valence-electron chi connectivity index (χ0n) is 27.2. The fourth-order valence-electron chi connectivity index (χ4n) is 5.75. The Morgan fingerprint density at radius 3 is 2.42 bits per heavy atom. The molecule has 0 spiro atoms. The molecule has 0 unspecified atom stereocenters. The number of rotatable bonds is 11. The Kier molecular flexibility index (Phi) is 9.39. The van der Waals surface area contributed by atoms with Crippen molar-refractivity contribution >= 4 is 28.2 Å². The van der Waals surface area contributed by atoms with E-state index in [1.165, 1.54) is 0 Å². The van der Waals surface area contributed by atoms with Crippen LogP contribution in [-0.4, -0.2) is 86.2 Å². The molecule has 4 aromatic heterocycles. The molecule has 1 aliphatic heterocycles. The molecule has 7 rings (SSSR count). The lowest BCUT2D eigenvalue weighted by Crippen LogP contribution is -2.44. The van der Waals surface area contributed by atoms with Crippen LogP contribution in [0.4, 0.5) is 17.5 Å². The molecule has 1 saturated heterocycles. The lowest BCUT2D eigenvalue weighted by Gasteiger charge is -2.32. The Balaban J connectivity index is 1.02. The predicted octanol–water partition coefficient (Wildman–Crippen LogP) is 6.44. The van der Waals surface area contributed by atoms with Crippen LogP contribution in [0.1, 0.15) is 12.1 Å². The molecule has 2 aromatic carbocycles. The number of likely N-dealkylation sites (N-methyl/N-ethyl adjacent to an activating group) is 1. The smallest absolute Gasteiger partial charge is 0.228 e. The summed E-state index contributed by atoms with van der Waals surface area (Å²) in [6.45, 7) is 8.35. The third-order valence-corrected chi connectivity index (χ3v) is 8.38. The summed E-state index contributed by atoms with van der Waals surface area (Å²) in [7, 11) is 2.18. The van der Waals surface area contributed by atoms with Crippen molar-refractivity contribution in [1.82, 2.24) is 39.9 Å². The SMILES string of the molecule is Cc1cccc(-c2nnc(Nc3ccc(Oc4ncccc4-c4ccnc(NCCCN5CCN(C)CC5)n4)cc3)c3ccccc23)n1. The van der Waals surface area contributed by atoms with Gasteiger partial charge >= 0.3 is 0 Å². The maximum absolute atomic E-state index is 6.26. The molecule has 11 nitrogen and oxygen atoms in total. The predicted molar refractivity (Wildman–Crippen MR) is 190 cm³/mol. The van der Waals surface area contributed by atoms with Crippen LogP contribution in [0.5, 0.6) is 11.6 Å². The Labute approximate surface area is 280 Å². The first-order valence-electron chi connectivity index (χ1n) is 16.3. The monoisotopic (exact) mass is 638 g/mol. The normalized spacial score (nSPS) is 13.8. The van der Waals surface area contributed by atoms with E-state index < -0.39 is 0 Å². The Bertz CT molecular complexity index is 1990. The Morgan fingerprint density at radius 1 is 0.750 bits per heavy atom. The summed E-state index contributed by atoms with van der Waals surface area (Å²) in [6.07, 6.45) is 4.51. The number of nitrogens with one attached hydrogen (secondary N) is 2. The first-order valence-corrected chi connectivity index (χ1v) is 16.3. The van der Waals surface area contributed by atoms with E-state index in [1.54, 1.807) is 12.4 Å². The molecule has 1 aliphatic rings. The van der Waals surface area contributed by atoms with E-state index in [2.05, 4.69) is 52.6 Å². The minimum absolute atomic E-state index is 0.468. The highest BCUT2D eigenvalue weighted by Crippen LogP contribution is 2.33. The summed E-state index contributed by atoms with van der Waals surface area (Å²) in [4.78, 5) is 23.3. The summed E-state index contributed by atoms with van der Waals surface area (Å²) in [5.74, 6) is 2.37. The lowest BCUT2D eigenvalue weighted by molar-refractivity contribution is 0.154. The largest absolute Gasteiger partial charge is 0.438 e. The second-order valence-electron chi connectivity index (χ2n) is 11.9. The molecule has 6 aromatic rings. The molecule has 0 saturated carbocycles. The van der Waals surface area contributed by atoms with Gasteiger partial charge < -0.3 is 25.2 Å². The molecular weight excluding hydrogens is 600 g/mol. The van der Waals surface area contributed by atoms with Crippen molar-refractivity contribution in [3.05, 3.63) is 103 Å². The van der Waals surface area contributed by atoms with Crippen molar-refractivity contribution in [3.63, 3.8) is 0 Å². The maximum atomic E-state index is 6.26. The van der Waals surface area contributed by atoms with E-state index in [-0.39, 0.29) is 0 Å². The summed E-state index contributed by atoms with van der Waals surface area (Å²) in [5.41, 5.74) is 4.86. The van der Waals surface area contributed by atoms with E-state index in [0.29, 0.717) is 23.4 Å². The van der Waals surface area contributed by atoms with Gasteiger partial charge in [-0.1, -0.05) is 30.3 Å². The van der Waals surface area contributed by atoms with Crippen LogP contribution < -0.4 is 15.4 Å². The van der Waals surface area contributed by atoms with E-state index in [9.17, 15) is 0 Å². The van der Waals surface area contributed by atoms with Crippen molar-refractivity contribution in [2.24, 2.45) is 0 Å². The van der Waals surface area contributed by atoms with E-state index in [0.717, 1.165) is 90.5 Å². The van der Waals surface area contributed by atoms with Crippen LogP contribution in [0, 0.1) is 6.92 Å². The summed E-state index contributed by atoms with van der Waals surface area (Å²) < 4.78 is 6.26. The number of fused-ring (bicyclic) bond motifs is 1. The first kappa shape index (κ1) is 31.1. The van der Waals surface area contributed by atoms with Crippen LogP contribution in [0.15, 0.2) is 97.3 Å². The van der Waals surface area contributed by atoms with Crippen molar-refractivity contribution in [3.8, 4) is 34.3 Å². The van der Waals surface area contributed by atoms with Crippen molar-refractivity contribution in [2.75, 3.05) is 56.9 Å². The van der Waals surface area contributed by atoms with Crippen LogP contribution >= 0.6 is 0 Å². The zero-order valence-corrected chi connectivity index (χ0v) is 27.2. The Hall–Kier alpha value is -5.52. The summed E-state index contributed by atoms with van der Waals surface area (Å²) >= 11 is 0. The van der Waals surface area contributed by atoms with Gasteiger partial charge in [-0.25, -0.2) is 15.0 Å². The molecule has 11 heteroatoms. The fourth-order valence-corrected chi connectivity index (χ4v) is 5.75. The van der Waals surface area contributed by atoms with E-state index in [4.69, 9.17) is 9.72 Å². The molecule has 0 bridgehead atoms. The number of pyridine rings is 2. The number of piperazine rings is 1. The van der Waals surface area contributed by atoms with Gasteiger partial charge in [-0.05, 0) is 81.5 Å². The van der Waals surface area contributed by atoms with Gasteiger partial charge in [0.2, 0.25) is 11.8 Å². The van der Waals surface area contributed by atoms with Crippen LogP contribution in [0.3, 0.4) is 0 Å². The highest BCUT2D eigenvalue weighted by Gasteiger charge is 2.15. The molecule has 1 fully saturated rings. The molecule has 0 aliphatic carbocycles. The molecule has 2 N–H and O–H groups in total. The van der Waals surface area contributed by atoms with Crippen LogP contribution in [0.2, 0.25) is 0 Å². The van der Waals surface area contributed by atoms with Gasteiger partial charge in [-0.2, -0.15) is 0 Å². The van der Waals surface area contributed by atoms with Gasteiger partial charge in [-0.3, -0.25) is 4.98 Å². The van der Waals surface area contributed by atoms with Crippen molar-refractivity contribution in [2.45, 2.75) is 13.3 Å². The topological polar surface area (TPSA) is 117 Å². The number of aryl methyl sites for hydroxylation is 1. The number of aromatic nitrogens is 6. The standard InChI is InChI=1S/C37H38N10O/c1-26-8-5-12-33(41-26)34-29-9-3-4-10-30(29)35(45-44-34)42-27-13-15-28(16-14-27)48-36-31(11-6-18-38-36)32-17-20-40-37(43-32)39-19-7-21-47-24-22-46(2)23-25-47/h3-6,8-18,20H,7,19,21-25H2,1-2H3,(H,42,45)(H,39,40,43). The number of benzene rings is 2. The molecular formula is C37H38N10O. The number of nitrogens with zero attached hydrogens (tertiary/aromatic N) is 8. The number of hydrogen-bond acceptors (Lipinski definition) is 11. The fraction of sp³-hybridized carbons (Fsp3) is 0.243. The highest BCUT2D eigenvalue weighted by atomic mass is 16.5. The third-order valence-electron chi connectivity index (χ3n) is 8.38. The minimum Gasteiger partial charge on any atom is -0.438 e. The summed E-state index contributed by atoms with van der Waals surface area (Å²) in [5, 5.41) is 17.8. The first-order chi connectivity index (χ1) is 23.6. The third kappa shape index (κ3) is 7.38. The van der Waals surface area contributed by atoms with Crippen LogP contribution in [-0.2, 0) is 0 Å². The van der Waals surface area contributed by atoms with Crippen molar-refractivity contribution in [1.29, 1.82) is 0 Å². The maximum Gasteiger partial charge on any atom is 0.228 e. The molecule has 5 heterocycles. The second kappa shape index (κ2) is 14.5. The molecule has 0 radical (unpaired) electrons. The number of ether oxygens (including phenoxy) is 1. The van der Waals surface area contributed by atoms with E-state index >= 15 is 0 Å². The molecule has 48 heavy (non-hydrogen) atoms. The Morgan fingerprint density at radius 2 is 1.58 bits per heavy atom. The second-order valence-corrected chi connectivity index (χ2v) is 11.9. The summed E-state index contributed by atoms with van der Waals surface area (Å²) in [6, 6.07) is 27.4. The van der Waals surface area contributed by atoms with Crippen molar-refractivity contribution < 1.29 is 4.74 Å². The average Bonchev–Trinajstić information content (AvgIpc) is 3.12. The highest BCUT2D eigenvalue weighted by molar-refractivity contribution is 6.00. The number of hydrogen-bond donors (Lipinski definition) is 2. The molecule has 0 atom stereocenters. The van der Waals surface area contributed by atoms with E-state index in [1.807, 2.05) is 91.9 Å². The lowest BCUT2D eigenvalue weighted by atomic mass is 10.1. The van der Waals surface area contributed by atoms with Gasteiger partial charge in [0.1, 0.15) is 11.4 Å². The quantitative estimate of drug-likeness (QED) is 0.153.